The van der Waals surface area contributed by atoms with Gasteiger partial charge in [-0.05, 0) is 50.6 Å². The Labute approximate surface area is 105 Å². The first-order valence-electron chi connectivity index (χ1n) is 6.75. The molecular formula is C14H25N3. The maximum absolute atomic E-state index is 4.45. The molecular weight excluding hydrogens is 210 g/mol. The average Bonchev–Trinajstić information content (AvgIpc) is 2.75. The summed E-state index contributed by atoms with van der Waals surface area (Å²) in [5, 5.41) is 8.20. The van der Waals surface area contributed by atoms with E-state index in [2.05, 4.69) is 37.4 Å². The van der Waals surface area contributed by atoms with E-state index in [4.69, 9.17) is 0 Å². The molecule has 96 valence electrons. The number of rotatable bonds is 4. The molecule has 1 aromatic rings. The molecule has 1 aliphatic rings. The van der Waals surface area contributed by atoms with Gasteiger partial charge in [0, 0.05) is 18.8 Å². The second-order valence-electron chi connectivity index (χ2n) is 6.00. The van der Waals surface area contributed by atoms with Gasteiger partial charge >= 0.3 is 0 Å². The van der Waals surface area contributed by atoms with Crippen molar-refractivity contribution in [1.82, 2.24) is 15.1 Å². The Morgan fingerprint density at radius 1 is 1.53 bits per heavy atom. The summed E-state index contributed by atoms with van der Waals surface area (Å²) >= 11 is 0. The molecule has 3 nitrogen and oxygen atoms in total. The lowest BCUT2D eigenvalue weighted by molar-refractivity contribution is 0.301. The predicted octanol–water partition coefficient (Wildman–Crippen LogP) is 2.44. The minimum atomic E-state index is 0.321. The van der Waals surface area contributed by atoms with Gasteiger partial charge in [0.15, 0.2) is 0 Å². The summed E-state index contributed by atoms with van der Waals surface area (Å²) in [6, 6.07) is 0. The van der Waals surface area contributed by atoms with Crippen LogP contribution in [0, 0.1) is 12.8 Å². The Bertz CT molecular complexity index is 373. The normalized spacial score (nSPS) is 24.8. The fourth-order valence-electron chi connectivity index (χ4n) is 3.23. The van der Waals surface area contributed by atoms with Gasteiger partial charge < -0.3 is 5.32 Å². The van der Waals surface area contributed by atoms with Crippen molar-refractivity contribution >= 4 is 0 Å². The van der Waals surface area contributed by atoms with Gasteiger partial charge in [-0.1, -0.05) is 13.8 Å². The molecule has 1 aromatic heterocycles. The predicted molar refractivity (Wildman–Crippen MR) is 71.1 cm³/mol. The molecule has 17 heavy (non-hydrogen) atoms. The van der Waals surface area contributed by atoms with Crippen LogP contribution in [0.5, 0.6) is 0 Å². The molecule has 0 aliphatic carbocycles. The SMILES string of the molecule is Cc1nn(C)cc1CC1(CC(C)C)CCCN1. The molecule has 0 saturated carbocycles. The fourth-order valence-corrected chi connectivity index (χ4v) is 3.23. The third-order valence-corrected chi connectivity index (χ3v) is 3.78. The lowest BCUT2D eigenvalue weighted by atomic mass is 9.82. The first-order chi connectivity index (χ1) is 8.01. The molecule has 1 N–H and O–H groups in total. The molecule has 2 heterocycles. The smallest absolute Gasteiger partial charge is 0.0626 e. The average molecular weight is 235 g/mol. The third kappa shape index (κ3) is 2.89. The minimum Gasteiger partial charge on any atom is -0.311 e. The van der Waals surface area contributed by atoms with Crippen LogP contribution in [-0.2, 0) is 13.5 Å². The molecule has 1 atom stereocenters. The van der Waals surface area contributed by atoms with E-state index in [0.29, 0.717) is 5.54 Å². The van der Waals surface area contributed by atoms with Crippen molar-refractivity contribution in [3.8, 4) is 0 Å². The van der Waals surface area contributed by atoms with E-state index in [1.807, 2.05) is 11.7 Å². The maximum atomic E-state index is 4.45. The van der Waals surface area contributed by atoms with Crippen LogP contribution in [0.4, 0.5) is 0 Å². The lowest BCUT2D eigenvalue weighted by Crippen LogP contribution is -2.43. The summed E-state index contributed by atoms with van der Waals surface area (Å²) in [5.41, 5.74) is 2.91. The monoisotopic (exact) mass is 235 g/mol. The van der Waals surface area contributed by atoms with Crippen LogP contribution < -0.4 is 5.32 Å². The fraction of sp³-hybridized carbons (Fsp3) is 0.786. The highest BCUT2D eigenvalue weighted by molar-refractivity contribution is 5.19. The highest BCUT2D eigenvalue weighted by Crippen LogP contribution is 2.31. The Kier molecular flexibility index (Phi) is 3.57. The van der Waals surface area contributed by atoms with Crippen LogP contribution in [0.1, 0.15) is 44.4 Å². The Morgan fingerprint density at radius 3 is 2.76 bits per heavy atom. The summed E-state index contributed by atoms with van der Waals surface area (Å²) in [5.74, 6) is 0.748. The number of nitrogens with one attached hydrogen (secondary N) is 1. The molecule has 0 radical (unpaired) electrons. The van der Waals surface area contributed by atoms with E-state index in [1.54, 1.807) is 0 Å². The van der Waals surface area contributed by atoms with Crippen molar-refractivity contribution < 1.29 is 0 Å². The van der Waals surface area contributed by atoms with E-state index in [9.17, 15) is 0 Å². The van der Waals surface area contributed by atoms with E-state index in [-0.39, 0.29) is 0 Å². The van der Waals surface area contributed by atoms with Gasteiger partial charge in [-0.3, -0.25) is 4.68 Å². The molecule has 0 aromatic carbocycles. The molecule has 0 amide bonds. The summed E-state index contributed by atoms with van der Waals surface area (Å²) in [6.45, 7) is 7.93. The quantitative estimate of drug-likeness (QED) is 0.868. The van der Waals surface area contributed by atoms with Crippen LogP contribution in [0.3, 0.4) is 0 Å². The van der Waals surface area contributed by atoms with Crippen LogP contribution in [-0.4, -0.2) is 21.9 Å². The van der Waals surface area contributed by atoms with E-state index >= 15 is 0 Å². The van der Waals surface area contributed by atoms with E-state index in [0.717, 1.165) is 12.3 Å². The summed E-state index contributed by atoms with van der Waals surface area (Å²) < 4.78 is 1.93. The van der Waals surface area contributed by atoms with Crippen molar-refractivity contribution in [2.45, 2.75) is 52.0 Å². The third-order valence-electron chi connectivity index (χ3n) is 3.78. The molecule has 0 spiro atoms. The van der Waals surface area contributed by atoms with Crippen molar-refractivity contribution in [3.05, 3.63) is 17.5 Å². The Balaban J connectivity index is 2.15. The second-order valence-corrected chi connectivity index (χ2v) is 6.00. The zero-order chi connectivity index (χ0) is 12.5. The minimum absolute atomic E-state index is 0.321. The first-order valence-corrected chi connectivity index (χ1v) is 6.75. The summed E-state index contributed by atoms with van der Waals surface area (Å²) in [6.07, 6.45) is 7.19. The van der Waals surface area contributed by atoms with Crippen molar-refractivity contribution in [1.29, 1.82) is 0 Å². The van der Waals surface area contributed by atoms with Gasteiger partial charge in [0.2, 0.25) is 0 Å². The topological polar surface area (TPSA) is 29.9 Å². The second kappa shape index (κ2) is 4.81. The highest BCUT2D eigenvalue weighted by Gasteiger charge is 2.34. The molecule has 1 aliphatic heterocycles. The van der Waals surface area contributed by atoms with Crippen molar-refractivity contribution in [3.63, 3.8) is 0 Å². The van der Waals surface area contributed by atoms with Gasteiger partial charge in [0.1, 0.15) is 0 Å². The molecule has 3 heteroatoms. The maximum Gasteiger partial charge on any atom is 0.0626 e. The van der Waals surface area contributed by atoms with Crippen LogP contribution in [0.2, 0.25) is 0 Å². The zero-order valence-electron chi connectivity index (χ0n) is 11.6. The van der Waals surface area contributed by atoms with Gasteiger partial charge in [-0.2, -0.15) is 5.10 Å². The van der Waals surface area contributed by atoms with Crippen LogP contribution >= 0.6 is 0 Å². The molecule has 1 unspecified atom stereocenters. The molecule has 1 saturated heterocycles. The molecule has 2 rings (SSSR count). The van der Waals surface area contributed by atoms with Gasteiger partial charge in [-0.25, -0.2) is 0 Å². The number of hydrogen-bond acceptors (Lipinski definition) is 2. The summed E-state index contributed by atoms with van der Waals surface area (Å²) in [4.78, 5) is 0. The van der Waals surface area contributed by atoms with Crippen LogP contribution in [0.25, 0.3) is 0 Å². The van der Waals surface area contributed by atoms with E-state index < -0.39 is 0 Å². The molecule has 1 fully saturated rings. The highest BCUT2D eigenvalue weighted by atomic mass is 15.2. The van der Waals surface area contributed by atoms with Crippen molar-refractivity contribution in [2.75, 3.05) is 6.54 Å². The van der Waals surface area contributed by atoms with Gasteiger partial charge in [0.05, 0.1) is 5.69 Å². The lowest BCUT2D eigenvalue weighted by Gasteiger charge is -2.31. The summed E-state index contributed by atoms with van der Waals surface area (Å²) in [7, 11) is 2.01. The van der Waals surface area contributed by atoms with E-state index in [1.165, 1.54) is 37.1 Å². The Hall–Kier alpha value is -0.830. The van der Waals surface area contributed by atoms with Gasteiger partial charge in [0.25, 0.3) is 0 Å². The molecule has 0 bridgehead atoms. The largest absolute Gasteiger partial charge is 0.311 e. The number of hydrogen-bond donors (Lipinski definition) is 1. The van der Waals surface area contributed by atoms with Crippen molar-refractivity contribution in [2.24, 2.45) is 13.0 Å². The van der Waals surface area contributed by atoms with Crippen LogP contribution in [0.15, 0.2) is 6.20 Å². The standard InChI is InChI=1S/C14H25N3/c1-11(2)8-14(6-5-7-15-14)9-13-10-17(4)16-12(13)3/h10-11,15H,5-9H2,1-4H3. The van der Waals surface area contributed by atoms with Gasteiger partial charge in [-0.15, -0.1) is 0 Å². The Morgan fingerprint density at radius 2 is 2.29 bits per heavy atom. The first kappa shape index (κ1) is 12.6. The number of nitrogens with zero attached hydrogens (tertiary/aromatic N) is 2. The number of aromatic nitrogens is 2. The number of aryl methyl sites for hydroxylation is 2. The zero-order valence-corrected chi connectivity index (χ0v) is 11.6.